The van der Waals surface area contributed by atoms with Gasteiger partial charge in [-0.05, 0) is 25.6 Å². The van der Waals surface area contributed by atoms with Crippen LogP contribution in [0.15, 0.2) is 36.4 Å². The van der Waals surface area contributed by atoms with Crippen LogP contribution in [0.25, 0.3) is 0 Å². The van der Waals surface area contributed by atoms with Crippen LogP contribution < -0.4 is 5.46 Å². The highest BCUT2D eigenvalue weighted by Gasteiger charge is 2.01. The molecule has 0 unspecified atom stereocenters. The Labute approximate surface area is 91.0 Å². The first-order valence-corrected chi connectivity index (χ1v) is 5.26. The van der Waals surface area contributed by atoms with Crippen LogP contribution in [0.4, 0.5) is 0 Å². The third-order valence-corrected chi connectivity index (χ3v) is 2.69. The van der Waals surface area contributed by atoms with E-state index in [1.807, 2.05) is 13.0 Å². The van der Waals surface area contributed by atoms with Crippen LogP contribution in [0.3, 0.4) is 0 Å². The third-order valence-electron chi connectivity index (χ3n) is 2.69. The molecule has 2 nitrogen and oxygen atoms in total. The van der Waals surface area contributed by atoms with E-state index >= 15 is 0 Å². The molecule has 0 bridgehead atoms. The van der Waals surface area contributed by atoms with Crippen molar-refractivity contribution in [3.8, 4) is 0 Å². The maximum atomic E-state index is 4.50. The molecular weight excluding hydrogens is 183 g/mol. The predicted octanol–water partition coefficient (Wildman–Crippen LogP) is 1.88. The molecular formula is C12H15BN2-. The van der Waals surface area contributed by atoms with Gasteiger partial charge in [-0.2, -0.15) is 6.82 Å². The molecule has 1 aromatic heterocycles. The summed E-state index contributed by atoms with van der Waals surface area (Å²) in [5, 5.41) is 4.50. The largest absolute Gasteiger partial charge is 0.472 e. The third kappa shape index (κ3) is 1.96. The Hall–Kier alpha value is -1.51. The molecule has 0 atom stereocenters. The summed E-state index contributed by atoms with van der Waals surface area (Å²) in [6, 6.07) is 12.6. The monoisotopic (exact) mass is 198 g/mol. The van der Waals surface area contributed by atoms with Gasteiger partial charge in [-0.25, -0.2) is 10.6 Å². The Morgan fingerprint density at radius 2 is 1.80 bits per heavy atom. The van der Waals surface area contributed by atoms with Crippen molar-refractivity contribution >= 4 is 12.3 Å². The number of hydrogen-bond donors (Lipinski definition) is 0. The lowest BCUT2D eigenvalue weighted by molar-refractivity contribution is 0.907. The zero-order valence-electron chi connectivity index (χ0n) is 9.44. The van der Waals surface area contributed by atoms with Gasteiger partial charge in [0.15, 0.2) is 0 Å². The lowest BCUT2D eigenvalue weighted by atomic mass is 9.58. The molecule has 1 radical (unpaired) electrons. The Bertz CT molecular complexity index is 448. The molecule has 3 heteroatoms. The molecule has 15 heavy (non-hydrogen) atoms. The van der Waals surface area contributed by atoms with Crippen molar-refractivity contribution in [1.29, 1.82) is 0 Å². The number of nitrogens with zero attached hydrogens (tertiary/aromatic N) is 2. The van der Waals surface area contributed by atoms with Gasteiger partial charge >= 0.3 is 0 Å². The molecule has 1 heterocycles. The SMILES string of the molecule is C[B-](c1ccccc1)n1nc(C)cc1C. The molecule has 0 amide bonds. The molecule has 2 aromatic rings. The van der Waals surface area contributed by atoms with Crippen molar-refractivity contribution in [2.24, 2.45) is 0 Å². The molecule has 0 aliphatic carbocycles. The molecule has 77 valence electrons. The number of aryl methyl sites for hydroxylation is 2. The van der Waals surface area contributed by atoms with Crippen molar-refractivity contribution < 1.29 is 0 Å². The van der Waals surface area contributed by atoms with Gasteiger partial charge in [-0.3, -0.25) is 0 Å². The lowest BCUT2D eigenvalue weighted by Gasteiger charge is -2.25. The molecule has 0 spiro atoms. The van der Waals surface area contributed by atoms with Crippen LogP contribution >= 0.6 is 0 Å². The molecule has 0 fully saturated rings. The van der Waals surface area contributed by atoms with E-state index in [0.29, 0.717) is 6.85 Å². The highest BCUT2D eigenvalue weighted by molar-refractivity contribution is 6.70. The standard InChI is InChI=1S/C12H15BN2/c1-10-9-11(2)15(14-10)13(3)12-7-5-4-6-8-12/h4-9H,1-3H3/q-1. The van der Waals surface area contributed by atoms with Crippen LogP contribution in [0.2, 0.25) is 6.82 Å². The number of hydrogen-bond acceptors (Lipinski definition) is 1. The molecule has 0 saturated heterocycles. The van der Waals surface area contributed by atoms with Crippen LogP contribution in [-0.4, -0.2) is 16.5 Å². The van der Waals surface area contributed by atoms with Crippen molar-refractivity contribution in [3.05, 3.63) is 47.8 Å². The summed E-state index contributed by atoms with van der Waals surface area (Å²) in [7, 11) is 0. The summed E-state index contributed by atoms with van der Waals surface area (Å²) in [4.78, 5) is 0. The predicted molar refractivity (Wildman–Crippen MR) is 64.8 cm³/mol. The Kier molecular flexibility index (Phi) is 2.63. The van der Waals surface area contributed by atoms with E-state index in [2.05, 4.69) is 53.8 Å². The second kappa shape index (κ2) is 3.93. The highest BCUT2D eigenvalue weighted by atomic mass is 15.2. The van der Waals surface area contributed by atoms with Crippen molar-refractivity contribution in [1.82, 2.24) is 9.69 Å². The van der Waals surface area contributed by atoms with Crippen LogP contribution in [0.1, 0.15) is 11.4 Å². The van der Waals surface area contributed by atoms with E-state index in [-0.39, 0.29) is 0 Å². The van der Waals surface area contributed by atoms with E-state index < -0.39 is 0 Å². The van der Waals surface area contributed by atoms with E-state index in [1.54, 1.807) is 0 Å². The van der Waals surface area contributed by atoms with Crippen molar-refractivity contribution in [2.75, 3.05) is 0 Å². The van der Waals surface area contributed by atoms with Gasteiger partial charge in [0.25, 0.3) is 0 Å². The van der Waals surface area contributed by atoms with E-state index in [0.717, 1.165) is 5.69 Å². The zero-order chi connectivity index (χ0) is 10.8. The molecule has 1 aromatic carbocycles. The smallest absolute Gasteiger partial charge is 0.0550 e. The molecule has 0 aliphatic rings. The lowest BCUT2D eigenvalue weighted by Crippen LogP contribution is -2.36. The molecule has 2 rings (SSSR count). The number of rotatable bonds is 2. The quantitative estimate of drug-likeness (QED) is 0.673. The summed E-state index contributed by atoms with van der Waals surface area (Å²) in [5.74, 6) is 0. The summed E-state index contributed by atoms with van der Waals surface area (Å²) in [6.45, 7) is 6.61. The second-order valence-electron chi connectivity index (χ2n) is 3.96. The molecule has 0 N–H and O–H groups in total. The zero-order valence-corrected chi connectivity index (χ0v) is 9.44. The summed E-state index contributed by atoms with van der Waals surface area (Å²) < 4.78 is 2.07. The van der Waals surface area contributed by atoms with E-state index in [1.165, 1.54) is 11.2 Å². The van der Waals surface area contributed by atoms with Gasteiger partial charge in [0, 0.05) is 6.85 Å². The summed E-state index contributed by atoms with van der Waals surface area (Å²) >= 11 is 0. The van der Waals surface area contributed by atoms with Gasteiger partial charge in [0.2, 0.25) is 0 Å². The van der Waals surface area contributed by atoms with Crippen LogP contribution in [0, 0.1) is 13.8 Å². The Morgan fingerprint density at radius 1 is 1.13 bits per heavy atom. The van der Waals surface area contributed by atoms with Gasteiger partial charge in [-0.1, -0.05) is 30.3 Å². The minimum atomic E-state index is 0.305. The maximum absolute atomic E-state index is 4.50. The Balaban J connectivity index is 2.36. The molecule has 0 aliphatic heterocycles. The minimum absolute atomic E-state index is 0.305. The van der Waals surface area contributed by atoms with Gasteiger partial charge in [0.1, 0.15) is 0 Å². The fraction of sp³-hybridized carbons (Fsp3) is 0.250. The average Bonchev–Trinajstić information content (AvgIpc) is 2.58. The minimum Gasteiger partial charge on any atom is -0.472 e. The van der Waals surface area contributed by atoms with E-state index in [9.17, 15) is 0 Å². The normalized spacial score (nSPS) is 10.9. The van der Waals surface area contributed by atoms with Gasteiger partial charge < -0.3 is 4.59 Å². The van der Waals surface area contributed by atoms with Crippen LogP contribution in [-0.2, 0) is 0 Å². The second-order valence-corrected chi connectivity index (χ2v) is 3.96. The van der Waals surface area contributed by atoms with E-state index in [4.69, 9.17) is 0 Å². The first-order valence-electron chi connectivity index (χ1n) is 5.26. The first-order chi connectivity index (χ1) is 7.18. The topological polar surface area (TPSA) is 17.8 Å². The van der Waals surface area contributed by atoms with Crippen molar-refractivity contribution in [3.63, 3.8) is 0 Å². The number of aromatic nitrogens is 2. The highest BCUT2D eigenvalue weighted by Crippen LogP contribution is 2.03. The van der Waals surface area contributed by atoms with Gasteiger partial charge in [-0.15, -0.1) is 0 Å². The van der Waals surface area contributed by atoms with Gasteiger partial charge in [0.05, 0.1) is 5.69 Å². The average molecular weight is 198 g/mol. The molecule has 0 saturated carbocycles. The fourth-order valence-corrected chi connectivity index (χ4v) is 1.91. The Morgan fingerprint density at radius 3 is 2.33 bits per heavy atom. The summed E-state index contributed by atoms with van der Waals surface area (Å²) in [6.07, 6.45) is 0. The fourth-order valence-electron chi connectivity index (χ4n) is 1.91. The maximum Gasteiger partial charge on any atom is 0.0550 e. The summed E-state index contributed by atoms with van der Waals surface area (Å²) in [5.41, 5.74) is 3.59. The number of benzene rings is 1. The van der Waals surface area contributed by atoms with Crippen LogP contribution in [0.5, 0.6) is 0 Å². The van der Waals surface area contributed by atoms with Crippen molar-refractivity contribution in [2.45, 2.75) is 20.7 Å². The first kappa shape index (κ1) is 10.0.